The number of nitrogens with zero attached hydrogens (tertiary/aromatic N) is 2. The number of hydrogen-bond donors (Lipinski definition) is 1. The van der Waals surface area contributed by atoms with E-state index < -0.39 is 0 Å². The zero-order valence-electron chi connectivity index (χ0n) is 10.2. The molecule has 1 amide bonds. The third-order valence-corrected chi connectivity index (χ3v) is 3.21. The number of halogens is 2. The summed E-state index contributed by atoms with van der Waals surface area (Å²) in [5.74, 6) is -0.227. The van der Waals surface area contributed by atoms with Crippen molar-refractivity contribution in [3.05, 3.63) is 57.6 Å². The highest BCUT2D eigenvalue weighted by atomic mass is 35.5. The Morgan fingerprint density at radius 1 is 1.21 bits per heavy atom. The molecule has 19 heavy (non-hydrogen) atoms. The molecule has 4 nitrogen and oxygen atoms in total. The van der Waals surface area contributed by atoms with Crippen molar-refractivity contribution in [1.29, 1.82) is 0 Å². The number of benzene rings is 1. The lowest BCUT2D eigenvalue weighted by Gasteiger charge is -2.06. The largest absolute Gasteiger partial charge is 0.346 e. The van der Waals surface area contributed by atoms with Gasteiger partial charge in [0.05, 0.1) is 22.3 Å². The maximum absolute atomic E-state index is 11.9. The van der Waals surface area contributed by atoms with Crippen LogP contribution in [0.5, 0.6) is 0 Å². The first kappa shape index (κ1) is 13.8. The lowest BCUT2D eigenvalue weighted by Crippen LogP contribution is -2.23. The van der Waals surface area contributed by atoms with Gasteiger partial charge in [0.1, 0.15) is 6.33 Å². The summed E-state index contributed by atoms with van der Waals surface area (Å²) in [4.78, 5) is 20.0. The zero-order valence-corrected chi connectivity index (χ0v) is 11.7. The highest BCUT2D eigenvalue weighted by Crippen LogP contribution is 2.22. The van der Waals surface area contributed by atoms with Crippen molar-refractivity contribution in [3.63, 3.8) is 0 Å². The molecule has 0 unspecified atom stereocenters. The first-order valence-electron chi connectivity index (χ1n) is 5.57. The van der Waals surface area contributed by atoms with Crippen LogP contribution in [0.15, 0.2) is 30.6 Å². The number of carbonyl (C=O) groups is 1. The summed E-state index contributed by atoms with van der Waals surface area (Å²) in [6.07, 6.45) is 1.47. The van der Waals surface area contributed by atoms with Crippen LogP contribution in [0.2, 0.25) is 10.0 Å². The van der Waals surface area contributed by atoms with Gasteiger partial charge in [0.15, 0.2) is 0 Å². The monoisotopic (exact) mass is 295 g/mol. The normalized spacial score (nSPS) is 10.3. The van der Waals surface area contributed by atoms with Gasteiger partial charge in [0.2, 0.25) is 0 Å². The molecular weight excluding hydrogens is 285 g/mol. The quantitative estimate of drug-likeness (QED) is 0.947. The first-order chi connectivity index (χ1) is 9.06. The highest BCUT2D eigenvalue weighted by molar-refractivity contribution is 6.42. The second-order valence-electron chi connectivity index (χ2n) is 3.96. The van der Waals surface area contributed by atoms with Crippen molar-refractivity contribution < 1.29 is 4.79 Å². The van der Waals surface area contributed by atoms with E-state index in [0.29, 0.717) is 22.2 Å². The van der Waals surface area contributed by atoms with Crippen LogP contribution in [0.3, 0.4) is 0 Å². The molecule has 0 saturated heterocycles. The lowest BCUT2D eigenvalue weighted by atomic mass is 10.2. The van der Waals surface area contributed by atoms with Gasteiger partial charge in [0.25, 0.3) is 5.91 Å². The predicted molar refractivity (Wildman–Crippen MR) is 74.4 cm³/mol. The minimum absolute atomic E-state index is 0.227. The number of aryl methyl sites for hydroxylation is 1. The fourth-order valence-electron chi connectivity index (χ4n) is 1.52. The predicted octanol–water partition coefficient (Wildman–Crippen LogP) is 3.02. The third kappa shape index (κ3) is 3.66. The van der Waals surface area contributed by atoms with E-state index in [2.05, 4.69) is 15.3 Å². The number of rotatable bonds is 3. The average molecular weight is 296 g/mol. The molecule has 0 aliphatic carbocycles. The Kier molecular flexibility index (Phi) is 4.35. The van der Waals surface area contributed by atoms with E-state index >= 15 is 0 Å². The van der Waals surface area contributed by atoms with E-state index in [-0.39, 0.29) is 5.91 Å². The molecule has 0 saturated carbocycles. The fraction of sp³-hybridized carbons (Fsp3) is 0.154. The van der Waals surface area contributed by atoms with Gasteiger partial charge in [-0.2, -0.15) is 0 Å². The van der Waals surface area contributed by atoms with Crippen molar-refractivity contribution in [2.45, 2.75) is 13.5 Å². The smallest absolute Gasteiger partial charge is 0.251 e. The molecule has 1 aromatic carbocycles. The van der Waals surface area contributed by atoms with Crippen LogP contribution >= 0.6 is 23.2 Å². The molecule has 0 radical (unpaired) electrons. The Morgan fingerprint density at radius 3 is 2.68 bits per heavy atom. The van der Waals surface area contributed by atoms with Gasteiger partial charge in [-0.15, -0.1) is 0 Å². The molecule has 0 spiro atoms. The van der Waals surface area contributed by atoms with E-state index in [1.165, 1.54) is 12.4 Å². The molecule has 1 aromatic heterocycles. The van der Waals surface area contributed by atoms with Gasteiger partial charge in [0, 0.05) is 11.3 Å². The second-order valence-corrected chi connectivity index (χ2v) is 4.78. The van der Waals surface area contributed by atoms with Crippen molar-refractivity contribution in [3.8, 4) is 0 Å². The van der Waals surface area contributed by atoms with E-state index in [4.69, 9.17) is 23.2 Å². The summed E-state index contributed by atoms with van der Waals surface area (Å²) >= 11 is 11.7. The summed E-state index contributed by atoms with van der Waals surface area (Å²) in [5.41, 5.74) is 2.06. The molecule has 1 N–H and O–H groups in total. The molecule has 0 bridgehead atoms. The topological polar surface area (TPSA) is 54.9 Å². The number of amides is 1. The highest BCUT2D eigenvalue weighted by Gasteiger charge is 2.08. The zero-order chi connectivity index (χ0) is 13.8. The molecule has 1 heterocycles. The third-order valence-electron chi connectivity index (χ3n) is 2.47. The van der Waals surface area contributed by atoms with E-state index in [1.807, 2.05) is 13.0 Å². The van der Waals surface area contributed by atoms with Gasteiger partial charge < -0.3 is 5.32 Å². The second kappa shape index (κ2) is 5.99. The summed E-state index contributed by atoms with van der Waals surface area (Å²) in [6.45, 7) is 2.20. The molecule has 98 valence electrons. The fourth-order valence-corrected chi connectivity index (χ4v) is 1.81. The number of aromatic nitrogens is 2. The Hall–Kier alpha value is -1.65. The molecule has 0 aliphatic rings. The Balaban J connectivity index is 2.03. The van der Waals surface area contributed by atoms with Crippen LogP contribution in [0.4, 0.5) is 0 Å². The average Bonchev–Trinajstić information content (AvgIpc) is 2.39. The maximum atomic E-state index is 11.9. The lowest BCUT2D eigenvalue weighted by molar-refractivity contribution is 0.0950. The van der Waals surface area contributed by atoms with Gasteiger partial charge in [-0.3, -0.25) is 4.79 Å². The van der Waals surface area contributed by atoms with Crippen molar-refractivity contribution in [2.75, 3.05) is 0 Å². The molecule has 0 atom stereocenters. The minimum Gasteiger partial charge on any atom is -0.346 e. The Morgan fingerprint density at radius 2 is 2.00 bits per heavy atom. The van der Waals surface area contributed by atoms with Gasteiger partial charge in [-0.05, 0) is 31.2 Å². The summed E-state index contributed by atoms with van der Waals surface area (Å²) in [5, 5.41) is 3.53. The molecule has 2 rings (SSSR count). The van der Waals surface area contributed by atoms with Crippen LogP contribution < -0.4 is 5.32 Å². The van der Waals surface area contributed by atoms with Crippen molar-refractivity contribution >= 4 is 29.1 Å². The molecule has 0 fully saturated rings. The summed E-state index contributed by atoms with van der Waals surface area (Å²) in [6, 6.07) is 6.56. The van der Waals surface area contributed by atoms with E-state index in [1.54, 1.807) is 12.1 Å². The van der Waals surface area contributed by atoms with Crippen molar-refractivity contribution in [2.24, 2.45) is 0 Å². The maximum Gasteiger partial charge on any atom is 0.251 e. The van der Waals surface area contributed by atoms with Crippen LogP contribution in [-0.4, -0.2) is 15.9 Å². The van der Waals surface area contributed by atoms with Crippen molar-refractivity contribution in [1.82, 2.24) is 15.3 Å². The Bertz CT molecular complexity index is 617. The molecule has 6 heteroatoms. The standard InChI is InChI=1S/C13H11Cl2N3O/c1-8-4-10(18-7-17-8)6-16-13(19)9-2-3-11(14)12(15)5-9/h2-5,7H,6H2,1H3,(H,16,19). The van der Waals surface area contributed by atoms with Gasteiger partial charge in [-0.1, -0.05) is 23.2 Å². The van der Waals surface area contributed by atoms with Crippen LogP contribution in [0.25, 0.3) is 0 Å². The summed E-state index contributed by atoms with van der Waals surface area (Å²) in [7, 11) is 0. The Labute approximate surface area is 120 Å². The summed E-state index contributed by atoms with van der Waals surface area (Å²) < 4.78 is 0. The number of hydrogen-bond acceptors (Lipinski definition) is 3. The molecular formula is C13H11Cl2N3O. The van der Waals surface area contributed by atoms with Crippen LogP contribution in [-0.2, 0) is 6.54 Å². The van der Waals surface area contributed by atoms with Gasteiger partial charge >= 0.3 is 0 Å². The SMILES string of the molecule is Cc1cc(CNC(=O)c2ccc(Cl)c(Cl)c2)ncn1. The van der Waals surface area contributed by atoms with Gasteiger partial charge in [-0.25, -0.2) is 9.97 Å². The van der Waals surface area contributed by atoms with Crippen LogP contribution in [0.1, 0.15) is 21.7 Å². The number of carbonyl (C=O) groups excluding carboxylic acids is 1. The van der Waals surface area contributed by atoms with E-state index in [0.717, 1.165) is 11.4 Å². The minimum atomic E-state index is -0.227. The first-order valence-corrected chi connectivity index (χ1v) is 6.32. The van der Waals surface area contributed by atoms with Crippen LogP contribution in [0, 0.1) is 6.92 Å². The van der Waals surface area contributed by atoms with E-state index in [9.17, 15) is 4.79 Å². The number of nitrogens with one attached hydrogen (secondary N) is 1. The molecule has 2 aromatic rings. The molecule has 0 aliphatic heterocycles.